The number of hydrogen-bond donors (Lipinski definition) is 0. The highest BCUT2D eigenvalue weighted by Gasteiger charge is 2.24. The summed E-state index contributed by atoms with van der Waals surface area (Å²) in [6.45, 7) is 0. The minimum atomic E-state index is -0.215. The highest BCUT2D eigenvalue weighted by atomic mass is 79.9. The molecule has 3 aliphatic rings. The van der Waals surface area contributed by atoms with Gasteiger partial charge in [-0.1, -0.05) is 54.7 Å². The van der Waals surface area contributed by atoms with Gasteiger partial charge in [0.2, 0.25) is 0 Å². The molecular formula is C24H18BrF. The molecule has 0 saturated carbocycles. The summed E-state index contributed by atoms with van der Waals surface area (Å²) in [5.41, 5.74) is 6.70. The molecule has 0 saturated heterocycles. The first-order chi connectivity index (χ1) is 12.7. The molecule has 0 fully saturated rings. The Morgan fingerprint density at radius 3 is 2.92 bits per heavy atom. The Bertz CT molecular complexity index is 1130. The average Bonchev–Trinajstić information content (AvgIpc) is 2.69. The van der Waals surface area contributed by atoms with Crippen molar-refractivity contribution in [3.05, 3.63) is 97.6 Å². The second-order valence-electron chi connectivity index (χ2n) is 7.09. The van der Waals surface area contributed by atoms with E-state index in [1.54, 1.807) is 6.07 Å². The minimum absolute atomic E-state index is 0.163. The molecule has 0 N–H and O–H groups in total. The van der Waals surface area contributed by atoms with Crippen LogP contribution in [0.5, 0.6) is 0 Å². The highest BCUT2D eigenvalue weighted by Crippen LogP contribution is 2.38. The van der Waals surface area contributed by atoms with Gasteiger partial charge in [0.1, 0.15) is 5.82 Å². The molecule has 0 spiro atoms. The van der Waals surface area contributed by atoms with E-state index in [1.165, 1.54) is 32.7 Å². The van der Waals surface area contributed by atoms with E-state index in [4.69, 9.17) is 0 Å². The van der Waals surface area contributed by atoms with Crippen molar-refractivity contribution in [2.45, 2.75) is 25.2 Å². The molecule has 3 aliphatic carbocycles. The van der Waals surface area contributed by atoms with Gasteiger partial charge in [-0.2, -0.15) is 0 Å². The number of halogens is 2. The Morgan fingerprint density at radius 1 is 1.12 bits per heavy atom. The molecule has 128 valence electrons. The largest absolute Gasteiger partial charge is 0.206 e. The molecule has 1 atom stereocenters. The van der Waals surface area contributed by atoms with Gasteiger partial charge in [0.25, 0.3) is 0 Å². The monoisotopic (exact) mass is 404 g/mol. The Morgan fingerprint density at radius 2 is 2.04 bits per heavy atom. The normalized spacial score (nSPS) is 20.0. The zero-order valence-electron chi connectivity index (χ0n) is 14.3. The standard InChI is InChI=1S/C24H18BrF/c25-22-14-17(10-13-23(22)26)19-7-3-5-16-9-11-20-18-6-2-1-4-15(18)8-12-21(20)24(16)19/h1,3-5,7-8,10-14,19H,2,6,9H2. The van der Waals surface area contributed by atoms with E-state index in [0.29, 0.717) is 4.47 Å². The molecular weight excluding hydrogens is 387 g/mol. The van der Waals surface area contributed by atoms with Crippen LogP contribution in [0.2, 0.25) is 0 Å². The molecule has 5 rings (SSSR count). The SMILES string of the molecule is Fc1ccc(C2C=CC=C3CC=c4c5c(ccc4=C32)C=CCC5)cc1Br. The fourth-order valence-corrected chi connectivity index (χ4v) is 4.80. The zero-order valence-corrected chi connectivity index (χ0v) is 15.9. The van der Waals surface area contributed by atoms with Gasteiger partial charge in [-0.15, -0.1) is 0 Å². The maximum absolute atomic E-state index is 13.7. The van der Waals surface area contributed by atoms with Crippen molar-refractivity contribution in [2.24, 2.45) is 0 Å². The molecule has 0 amide bonds. The lowest BCUT2D eigenvalue weighted by atomic mass is 9.77. The van der Waals surface area contributed by atoms with Crippen molar-refractivity contribution in [1.82, 2.24) is 0 Å². The highest BCUT2D eigenvalue weighted by molar-refractivity contribution is 9.10. The van der Waals surface area contributed by atoms with Gasteiger partial charge < -0.3 is 0 Å². The topological polar surface area (TPSA) is 0 Å². The maximum atomic E-state index is 13.7. The summed E-state index contributed by atoms with van der Waals surface area (Å²) in [6, 6.07) is 9.90. The molecule has 2 aromatic carbocycles. The third kappa shape index (κ3) is 2.47. The zero-order chi connectivity index (χ0) is 17.7. The van der Waals surface area contributed by atoms with Crippen molar-refractivity contribution in [3.8, 4) is 0 Å². The van der Waals surface area contributed by atoms with E-state index in [1.807, 2.05) is 12.1 Å². The summed E-state index contributed by atoms with van der Waals surface area (Å²) in [5.74, 6) is -0.0518. The van der Waals surface area contributed by atoms with Gasteiger partial charge in [-0.3, -0.25) is 0 Å². The van der Waals surface area contributed by atoms with Crippen molar-refractivity contribution >= 4 is 33.7 Å². The van der Waals surface area contributed by atoms with Crippen LogP contribution in [0.4, 0.5) is 4.39 Å². The average molecular weight is 405 g/mol. The molecule has 1 unspecified atom stereocenters. The number of hydrogen-bond acceptors (Lipinski definition) is 0. The van der Waals surface area contributed by atoms with Crippen LogP contribution in [0.3, 0.4) is 0 Å². The first kappa shape index (κ1) is 16.0. The minimum Gasteiger partial charge on any atom is -0.206 e. The lowest BCUT2D eigenvalue weighted by Gasteiger charge is -2.27. The smallest absolute Gasteiger partial charge is 0.137 e. The van der Waals surface area contributed by atoms with Gasteiger partial charge in [0, 0.05) is 5.92 Å². The first-order valence-corrected chi connectivity index (χ1v) is 9.87. The van der Waals surface area contributed by atoms with Crippen molar-refractivity contribution in [2.75, 3.05) is 0 Å². The van der Waals surface area contributed by atoms with Gasteiger partial charge in [-0.05, 0) is 85.6 Å². The molecule has 0 nitrogen and oxygen atoms in total. The summed E-state index contributed by atoms with van der Waals surface area (Å²) >= 11 is 3.34. The summed E-state index contributed by atoms with van der Waals surface area (Å²) in [6.07, 6.45) is 16.7. The molecule has 2 heteroatoms. The Balaban J connectivity index is 1.78. The third-order valence-electron chi connectivity index (χ3n) is 5.63. The van der Waals surface area contributed by atoms with E-state index in [-0.39, 0.29) is 11.7 Å². The third-order valence-corrected chi connectivity index (χ3v) is 6.24. The molecule has 0 heterocycles. The van der Waals surface area contributed by atoms with E-state index >= 15 is 0 Å². The summed E-state index contributed by atoms with van der Waals surface area (Å²) < 4.78 is 14.3. The van der Waals surface area contributed by atoms with Crippen LogP contribution in [0, 0.1) is 5.82 Å². The van der Waals surface area contributed by atoms with E-state index in [9.17, 15) is 4.39 Å². The Kier molecular flexibility index (Phi) is 3.82. The molecule has 0 aromatic heterocycles. The lowest BCUT2D eigenvalue weighted by molar-refractivity contribution is 0.620. The van der Waals surface area contributed by atoms with E-state index in [2.05, 4.69) is 64.5 Å². The number of allylic oxidation sites excluding steroid dienone is 5. The number of benzene rings is 2. The van der Waals surface area contributed by atoms with Gasteiger partial charge >= 0.3 is 0 Å². The van der Waals surface area contributed by atoms with Crippen LogP contribution in [0.25, 0.3) is 17.7 Å². The summed E-state index contributed by atoms with van der Waals surface area (Å²) in [5, 5.41) is 2.74. The fraction of sp³-hybridized carbons (Fsp3) is 0.167. The number of fused-ring (bicyclic) bond motifs is 4. The van der Waals surface area contributed by atoms with E-state index < -0.39 is 0 Å². The van der Waals surface area contributed by atoms with Crippen LogP contribution >= 0.6 is 15.9 Å². The second-order valence-corrected chi connectivity index (χ2v) is 7.94. The van der Waals surface area contributed by atoms with Crippen molar-refractivity contribution in [1.29, 1.82) is 0 Å². The van der Waals surface area contributed by atoms with Crippen molar-refractivity contribution < 1.29 is 4.39 Å². The Labute approximate surface area is 160 Å². The molecule has 0 bridgehead atoms. The molecule has 0 aliphatic heterocycles. The predicted molar refractivity (Wildman–Crippen MR) is 110 cm³/mol. The first-order valence-electron chi connectivity index (χ1n) is 9.08. The Hall–Kier alpha value is -2.19. The maximum Gasteiger partial charge on any atom is 0.137 e. The van der Waals surface area contributed by atoms with Crippen LogP contribution in [-0.2, 0) is 6.42 Å². The number of rotatable bonds is 1. The fourth-order valence-electron chi connectivity index (χ4n) is 4.41. The van der Waals surface area contributed by atoms with Crippen molar-refractivity contribution in [3.63, 3.8) is 0 Å². The summed E-state index contributed by atoms with van der Waals surface area (Å²) in [7, 11) is 0. The second kappa shape index (κ2) is 6.21. The van der Waals surface area contributed by atoms with E-state index in [0.717, 1.165) is 24.8 Å². The van der Waals surface area contributed by atoms with Gasteiger partial charge in [0.15, 0.2) is 0 Å². The predicted octanol–water partition coefficient (Wildman–Crippen LogP) is 5.16. The van der Waals surface area contributed by atoms with Gasteiger partial charge in [-0.25, -0.2) is 4.39 Å². The van der Waals surface area contributed by atoms with Crippen LogP contribution in [0.15, 0.2) is 64.7 Å². The molecule has 2 aromatic rings. The summed E-state index contributed by atoms with van der Waals surface area (Å²) in [4.78, 5) is 0. The quantitative estimate of drug-likeness (QED) is 0.615. The molecule has 0 radical (unpaired) electrons. The van der Waals surface area contributed by atoms with Gasteiger partial charge in [0.05, 0.1) is 4.47 Å². The van der Waals surface area contributed by atoms with Crippen LogP contribution in [-0.4, -0.2) is 0 Å². The van der Waals surface area contributed by atoms with Crippen LogP contribution in [0.1, 0.15) is 35.4 Å². The molecule has 26 heavy (non-hydrogen) atoms. The van der Waals surface area contributed by atoms with Crippen LogP contribution < -0.4 is 10.4 Å². The lowest BCUT2D eigenvalue weighted by Crippen LogP contribution is -2.36.